The van der Waals surface area contributed by atoms with E-state index in [4.69, 9.17) is 10.5 Å². The first-order valence-corrected chi connectivity index (χ1v) is 5.25. The van der Waals surface area contributed by atoms with Gasteiger partial charge in [0, 0.05) is 24.5 Å². The molecule has 0 radical (unpaired) electrons. The van der Waals surface area contributed by atoms with Crippen LogP contribution in [0, 0.1) is 0 Å². The summed E-state index contributed by atoms with van der Waals surface area (Å²) in [7, 11) is 0. The molecule has 0 atom stereocenters. The molecule has 5 heteroatoms. The molecule has 16 heavy (non-hydrogen) atoms. The number of rotatable bonds is 2. The van der Waals surface area contributed by atoms with Crippen molar-refractivity contribution in [3.63, 3.8) is 0 Å². The van der Waals surface area contributed by atoms with Crippen molar-refractivity contribution < 1.29 is 9.53 Å². The summed E-state index contributed by atoms with van der Waals surface area (Å²) in [4.78, 5) is 13.0. The molecule has 0 aliphatic carbocycles. The van der Waals surface area contributed by atoms with E-state index < -0.39 is 6.03 Å². The van der Waals surface area contributed by atoms with Gasteiger partial charge in [-0.2, -0.15) is 0 Å². The van der Waals surface area contributed by atoms with Crippen molar-refractivity contribution in [1.29, 1.82) is 0 Å². The lowest BCUT2D eigenvalue weighted by molar-refractivity contribution is 0.122. The maximum atomic E-state index is 10.7. The van der Waals surface area contributed by atoms with Gasteiger partial charge in [0.2, 0.25) is 0 Å². The molecule has 1 heterocycles. The number of carbonyl (C=O) groups excluding carboxylic acids is 1. The molecule has 0 spiro atoms. The summed E-state index contributed by atoms with van der Waals surface area (Å²) < 4.78 is 5.28. The van der Waals surface area contributed by atoms with Crippen molar-refractivity contribution in [2.75, 3.05) is 36.5 Å². The average molecular weight is 221 g/mol. The second-order valence-corrected chi connectivity index (χ2v) is 3.64. The maximum absolute atomic E-state index is 10.7. The fourth-order valence-corrected chi connectivity index (χ4v) is 1.74. The monoisotopic (exact) mass is 221 g/mol. The number of carbonyl (C=O) groups is 1. The molecule has 0 aromatic heterocycles. The first-order valence-electron chi connectivity index (χ1n) is 5.25. The van der Waals surface area contributed by atoms with Crippen molar-refractivity contribution >= 4 is 17.4 Å². The van der Waals surface area contributed by atoms with E-state index in [0.717, 1.165) is 37.7 Å². The number of urea groups is 1. The second kappa shape index (κ2) is 4.85. The molecule has 1 aromatic rings. The maximum Gasteiger partial charge on any atom is 0.316 e. The highest BCUT2D eigenvalue weighted by Gasteiger charge is 2.11. The Hall–Kier alpha value is -1.75. The van der Waals surface area contributed by atoms with E-state index in [-0.39, 0.29) is 0 Å². The molecule has 2 rings (SSSR count). The Morgan fingerprint density at radius 1 is 1.38 bits per heavy atom. The lowest BCUT2D eigenvalue weighted by Crippen LogP contribution is -2.36. The largest absolute Gasteiger partial charge is 0.378 e. The third kappa shape index (κ3) is 2.64. The molecule has 1 aliphatic rings. The van der Waals surface area contributed by atoms with Crippen LogP contribution < -0.4 is 16.0 Å². The Balaban J connectivity index is 2.11. The molecule has 86 valence electrons. The van der Waals surface area contributed by atoms with E-state index in [0.29, 0.717) is 0 Å². The van der Waals surface area contributed by atoms with Crippen LogP contribution in [0.1, 0.15) is 0 Å². The van der Waals surface area contributed by atoms with E-state index in [9.17, 15) is 4.79 Å². The quantitative estimate of drug-likeness (QED) is 0.783. The number of hydrogen-bond acceptors (Lipinski definition) is 3. The van der Waals surface area contributed by atoms with Gasteiger partial charge < -0.3 is 20.7 Å². The first-order chi connectivity index (χ1) is 7.75. The number of amides is 2. The van der Waals surface area contributed by atoms with E-state index >= 15 is 0 Å². The van der Waals surface area contributed by atoms with Gasteiger partial charge in [-0.25, -0.2) is 4.79 Å². The topological polar surface area (TPSA) is 67.6 Å². The van der Waals surface area contributed by atoms with Gasteiger partial charge in [-0.15, -0.1) is 0 Å². The van der Waals surface area contributed by atoms with Gasteiger partial charge >= 0.3 is 6.03 Å². The first kappa shape index (κ1) is 10.8. The van der Waals surface area contributed by atoms with Gasteiger partial charge in [-0.1, -0.05) is 6.07 Å². The zero-order valence-electron chi connectivity index (χ0n) is 8.98. The molecule has 0 bridgehead atoms. The minimum atomic E-state index is -0.542. The molecule has 3 N–H and O–H groups in total. The lowest BCUT2D eigenvalue weighted by atomic mass is 10.2. The van der Waals surface area contributed by atoms with Gasteiger partial charge in [-0.05, 0) is 18.2 Å². The molecule has 1 aromatic carbocycles. The highest BCUT2D eigenvalue weighted by atomic mass is 16.5. The molecule has 1 fully saturated rings. The zero-order valence-corrected chi connectivity index (χ0v) is 8.98. The Morgan fingerprint density at radius 2 is 2.12 bits per heavy atom. The molecule has 0 saturated carbocycles. The average Bonchev–Trinajstić information content (AvgIpc) is 2.30. The van der Waals surface area contributed by atoms with Crippen LogP contribution in [0.2, 0.25) is 0 Å². The summed E-state index contributed by atoms with van der Waals surface area (Å²) in [6.45, 7) is 3.24. The molecule has 1 aliphatic heterocycles. The molecule has 5 nitrogen and oxygen atoms in total. The van der Waals surface area contributed by atoms with Crippen LogP contribution in [0.3, 0.4) is 0 Å². The Labute approximate surface area is 94.2 Å². The van der Waals surface area contributed by atoms with Gasteiger partial charge in [0.05, 0.1) is 13.2 Å². The standard InChI is InChI=1S/C11H15N3O2/c12-11(15)13-9-2-1-3-10(8-9)14-4-6-16-7-5-14/h1-3,8H,4-7H2,(H3,12,13,15). The van der Waals surface area contributed by atoms with E-state index in [1.165, 1.54) is 0 Å². The third-order valence-electron chi connectivity index (χ3n) is 2.49. The van der Waals surface area contributed by atoms with Gasteiger partial charge in [0.15, 0.2) is 0 Å². The summed E-state index contributed by atoms with van der Waals surface area (Å²) in [5.41, 5.74) is 6.87. The Bertz CT molecular complexity index is 375. The van der Waals surface area contributed by atoms with Crippen molar-refractivity contribution in [2.45, 2.75) is 0 Å². The molecule has 2 amide bonds. The number of anilines is 2. The summed E-state index contributed by atoms with van der Waals surface area (Å²) in [6, 6.07) is 7.09. The minimum absolute atomic E-state index is 0.542. The van der Waals surface area contributed by atoms with E-state index in [2.05, 4.69) is 10.2 Å². The lowest BCUT2D eigenvalue weighted by Gasteiger charge is -2.29. The van der Waals surface area contributed by atoms with E-state index in [1.54, 1.807) is 0 Å². The van der Waals surface area contributed by atoms with Gasteiger partial charge in [0.1, 0.15) is 0 Å². The number of primary amides is 1. The SMILES string of the molecule is NC(=O)Nc1cccc(N2CCOCC2)c1. The number of morpholine rings is 1. The predicted octanol–water partition coefficient (Wildman–Crippen LogP) is 1.01. The van der Waals surface area contributed by atoms with Crippen LogP contribution in [0.15, 0.2) is 24.3 Å². The highest BCUT2D eigenvalue weighted by Crippen LogP contribution is 2.20. The zero-order chi connectivity index (χ0) is 11.4. The van der Waals surface area contributed by atoms with Crippen LogP contribution in [-0.2, 0) is 4.74 Å². The number of ether oxygens (including phenoxy) is 1. The summed E-state index contributed by atoms with van der Waals surface area (Å²) in [6.07, 6.45) is 0. The van der Waals surface area contributed by atoms with Crippen LogP contribution in [0.5, 0.6) is 0 Å². The Kier molecular flexibility index (Phi) is 3.26. The second-order valence-electron chi connectivity index (χ2n) is 3.64. The summed E-state index contributed by atoms with van der Waals surface area (Å²) in [5, 5.41) is 2.57. The summed E-state index contributed by atoms with van der Waals surface area (Å²) in [5.74, 6) is 0. The van der Waals surface area contributed by atoms with Crippen molar-refractivity contribution in [3.05, 3.63) is 24.3 Å². The Morgan fingerprint density at radius 3 is 2.81 bits per heavy atom. The fraction of sp³-hybridized carbons (Fsp3) is 0.364. The van der Waals surface area contributed by atoms with Crippen molar-refractivity contribution in [2.24, 2.45) is 5.73 Å². The van der Waals surface area contributed by atoms with Gasteiger partial charge in [-0.3, -0.25) is 0 Å². The molecular weight excluding hydrogens is 206 g/mol. The number of nitrogens with zero attached hydrogens (tertiary/aromatic N) is 1. The van der Waals surface area contributed by atoms with Crippen LogP contribution in [0.25, 0.3) is 0 Å². The highest BCUT2D eigenvalue weighted by molar-refractivity contribution is 5.88. The smallest absolute Gasteiger partial charge is 0.316 e. The van der Waals surface area contributed by atoms with Crippen LogP contribution in [-0.4, -0.2) is 32.3 Å². The van der Waals surface area contributed by atoms with Crippen molar-refractivity contribution in [1.82, 2.24) is 0 Å². The van der Waals surface area contributed by atoms with Gasteiger partial charge in [0.25, 0.3) is 0 Å². The number of hydrogen-bond donors (Lipinski definition) is 2. The molecular formula is C11H15N3O2. The fourth-order valence-electron chi connectivity index (χ4n) is 1.74. The number of nitrogens with one attached hydrogen (secondary N) is 1. The predicted molar refractivity (Wildman–Crippen MR) is 62.7 cm³/mol. The van der Waals surface area contributed by atoms with E-state index in [1.807, 2.05) is 24.3 Å². The minimum Gasteiger partial charge on any atom is -0.378 e. The van der Waals surface area contributed by atoms with Crippen molar-refractivity contribution in [3.8, 4) is 0 Å². The normalized spacial score (nSPS) is 15.9. The summed E-state index contributed by atoms with van der Waals surface area (Å²) >= 11 is 0. The molecule has 0 unspecified atom stereocenters. The number of benzene rings is 1. The third-order valence-corrected chi connectivity index (χ3v) is 2.49. The van der Waals surface area contributed by atoms with Crippen LogP contribution >= 0.6 is 0 Å². The van der Waals surface area contributed by atoms with Crippen LogP contribution in [0.4, 0.5) is 16.2 Å². The number of nitrogens with two attached hydrogens (primary N) is 1. The molecule has 1 saturated heterocycles.